The molecular formula is C15H7INO4-. The highest BCUT2D eigenvalue weighted by molar-refractivity contribution is 14.1. The van der Waals surface area contributed by atoms with Crippen LogP contribution in [0.4, 0.5) is 5.69 Å². The highest BCUT2D eigenvalue weighted by atomic mass is 127. The maximum Gasteiger partial charge on any atom is 0.266 e. The van der Waals surface area contributed by atoms with Crippen LogP contribution in [-0.2, 0) is 0 Å². The molecule has 2 amide bonds. The summed E-state index contributed by atoms with van der Waals surface area (Å²) >= 11 is 2.04. The van der Waals surface area contributed by atoms with Crippen LogP contribution >= 0.6 is 22.6 Å². The van der Waals surface area contributed by atoms with Crippen LogP contribution < -0.4 is 10.0 Å². The van der Waals surface area contributed by atoms with Crippen LogP contribution in [0, 0.1) is 3.57 Å². The van der Waals surface area contributed by atoms with Gasteiger partial charge >= 0.3 is 0 Å². The highest BCUT2D eigenvalue weighted by Gasteiger charge is 2.37. The molecule has 0 spiro atoms. The van der Waals surface area contributed by atoms with Crippen molar-refractivity contribution in [3.63, 3.8) is 0 Å². The first kappa shape index (κ1) is 13.7. The van der Waals surface area contributed by atoms with Crippen molar-refractivity contribution < 1.29 is 19.5 Å². The van der Waals surface area contributed by atoms with Gasteiger partial charge in [-0.05, 0) is 46.9 Å². The normalized spacial score (nSPS) is 13.5. The van der Waals surface area contributed by atoms with Crippen LogP contribution in [0.15, 0.2) is 42.5 Å². The van der Waals surface area contributed by atoms with Crippen molar-refractivity contribution in [3.05, 3.63) is 62.7 Å². The lowest BCUT2D eigenvalue weighted by Gasteiger charge is -2.18. The van der Waals surface area contributed by atoms with Gasteiger partial charge in [0.15, 0.2) is 0 Å². The molecule has 0 saturated carbocycles. The fourth-order valence-electron chi connectivity index (χ4n) is 2.27. The lowest BCUT2D eigenvalue weighted by atomic mass is 10.1. The van der Waals surface area contributed by atoms with E-state index in [1.54, 1.807) is 24.3 Å². The van der Waals surface area contributed by atoms with E-state index in [2.05, 4.69) is 0 Å². The molecule has 0 saturated heterocycles. The largest absolute Gasteiger partial charge is 0.545 e. The number of rotatable bonds is 2. The number of aromatic carboxylic acids is 1. The molecule has 104 valence electrons. The van der Waals surface area contributed by atoms with Gasteiger partial charge < -0.3 is 9.90 Å². The summed E-state index contributed by atoms with van der Waals surface area (Å²) in [5, 5.41) is 11.2. The summed E-state index contributed by atoms with van der Waals surface area (Å²) in [7, 11) is 0. The SMILES string of the molecule is O=C([O-])c1ccccc1N1C(=O)c2ccc(I)cc2C1=O. The van der Waals surface area contributed by atoms with Crippen LogP contribution in [0.5, 0.6) is 0 Å². The molecule has 0 atom stereocenters. The summed E-state index contributed by atoms with van der Waals surface area (Å²) in [6.07, 6.45) is 0. The fraction of sp³-hybridized carbons (Fsp3) is 0. The second-order valence-electron chi connectivity index (χ2n) is 4.44. The number of hydrogen-bond donors (Lipinski definition) is 0. The van der Waals surface area contributed by atoms with Crippen molar-refractivity contribution >= 4 is 46.1 Å². The van der Waals surface area contributed by atoms with Crippen LogP contribution in [0.3, 0.4) is 0 Å². The Labute approximate surface area is 133 Å². The number of halogens is 1. The quantitative estimate of drug-likeness (QED) is 0.573. The number of nitrogens with zero attached hydrogens (tertiary/aromatic N) is 1. The molecule has 0 fully saturated rings. The number of benzene rings is 2. The summed E-state index contributed by atoms with van der Waals surface area (Å²) in [5.41, 5.74) is 0.383. The summed E-state index contributed by atoms with van der Waals surface area (Å²) in [6, 6.07) is 10.7. The van der Waals surface area contributed by atoms with Crippen LogP contribution in [0.25, 0.3) is 0 Å². The molecule has 0 unspecified atom stereocenters. The van der Waals surface area contributed by atoms with Crippen molar-refractivity contribution in [3.8, 4) is 0 Å². The van der Waals surface area contributed by atoms with E-state index in [1.165, 1.54) is 18.2 Å². The van der Waals surface area contributed by atoms with Gasteiger partial charge in [0.25, 0.3) is 11.8 Å². The third kappa shape index (κ3) is 2.11. The first-order chi connectivity index (χ1) is 10.0. The molecule has 0 radical (unpaired) electrons. The Hall–Kier alpha value is -2.22. The number of amides is 2. The van der Waals surface area contributed by atoms with Crippen molar-refractivity contribution in [2.45, 2.75) is 0 Å². The van der Waals surface area contributed by atoms with E-state index >= 15 is 0 Å². The smallest absolute Gasteiger partial charge is 0.266 e. The van der Waals surface area contributed by atoms with Crippen molar-refractivity contribution in [1.29, 1.82) is 0 Å². The topological polar surface area (TPSA) is 77.5 Å². The maximum absolute atomic E-state index is 12.4. The van der Waals surface area contributed by atoms with Crippen LogP contribution in [-0.4, -0.2) is 17.8 Å². The molecule has 2 aromatic carbocycles. The van der Waals surface area contributed by atoms with Crippen molar-refractivity contribution in [2.75, 3.05) is 4.90 Å². The van der Waals surface area contributed by atoms with Gasteiger partial charge in [-0.1, -0.05) is 18.2 Å². The monoisotopic (exact) mass is 392 g/mol. The Morgan fingerprint density at radius 1 is 1.00 bits per heavy atom. The van der Waals surface area contributed by atoms with Gasteiger partial charge in [-0.3, -0.25) is 9.59 Å². The van der Waals surface area contributed by atoms with Gasteiger partial charge in [0, 0.05) is 9.13 Å². The molecule has 0 aromatic heterocycles. The number of carboxylic acid groups (broad SMARTS) is 1. The minimum atomic E-state index is -1.43. The molecule has 1 aliphatic heterocycles. The van der Waals surface area contributed by atoms with Gasteiger partial charge in [-0.25, -0.2) is 4.90 Å². The summed E-state index contributed by atoms with van der Waals surface area (Å²) in [6.45, 7) is 0. The second kappa shape index (κ2) is 4.96. The van der Waals surface area contributed by atoms with E-state index in [-0.39, 0.29) is 22.4 Å². The van der Waals surface area contributed by atoms with Crippen molar-refractivity contribution in [2.24, 2.45) is 0 Å². The first-order valence-corrected chi connectivity index (χ1v) is 7.07. The maximum atomic E-state index is 12.4. The number of hydrogen-bond acceptors (Lipinski definition) is 4. The molecule has 0 aliphatic carbocycles. The minimum absolute atomic E-state index is 0.0266. The third-order valence-corrected chi connectivity index (χ3v) is 3.88. The molecule has 6 heteroatoms. The summed E-state index contributed by atoms with van der Waals surface area (Å²) in [4.78, 5) is 36.8. The first-order valence-electron chi connectivity index (χ1n) is 5.99. The Balaban J connectivity index is 2.17. The molecule has 5 nitrogen and oxygen atoms in total. The lowest BCUT2D eigenvalue weighted by Crippen LogP contribution is -2.33. The van der Waals surface area contributed by atoms with E-state index in [4.69, 9.17) is 0 Å². The summed E-state index contributed by atoms with van der Waals surface area (Å²) in [5.74, 6) is -2.49. The number of para-hydroxylation sites is 1. The number of carbonyl (C=O) groups excluding carboxylic acids is 3. The third-order valence-electron chi connectivity index (χ3n) is 3.21. The molecule has 21 heavy (non-hydrogen) atoms. The highest BCUT2D eigenvalue weighted by Crippen LogP contribution is 2.31. The molecule has 0 N–H and O–H groups in total. The Morgan fingerprint density at radius 2 is 1.67 bits per heavy atom. The average molecular weight is 392 g/mol. The number of anilines is 1. The molecular weight excluding hydrogens is 385 g/mol. The predicted octanol–water partition coefficient (Wildman–Crippen LogP) is 1.46. The lowest BCUT2D eigenvalue weighted by molar-refractivity contribution is -0.254. The van der Waals surface area contributed by atoms with Crippen LogP contribution in [0.1, 0.15) is 31.1 Å². The van der Waals surface area contributed by atoms with Gasteiger partial charge in [-0.2, -0.15) is 0 Å². The van der Waals surface area contributed by atoms with E-state index in [9.17, 15) is 19.5 Å². The Bertz CT molecular complexity index is 800. The average Bonchev–Trinajstić information content (AvgIpc) is 2.70. The number of fused-ring (bicyclic) bond motifs is 1. The van der Waals surface area contributed by atoms with Gasteiger partial charge in [0.1, 0.15) is 0 Å². The van der Waals surface area contributed by atoms with E-state index in [0.29, 0.717) is 0 Å². The summed E-state index contributed by atoms with van der Waals surface area (Å²) < 4.78 is 0.822. The van der Waals surface area contributed by atoms with E-state index < -0.39 is 17.8 Å². The predicted molar refractivity (Wildman–Crippen MR) is 81.1 cm³/mol. The molecule has 3 rings (SSSR count). The van der Waals surface area contributed by atoms with Crippen LogP contribution in [0.2, 0.25) is 0 Å². The molecule has 0 bridgehead atoms. The second-order valence-corrected chi connectivity index (χ2v) is 5.69. The minimum Gasteiger partial charge on any atom is -0.545 e. The molecule has 1 aliphatic rings. The number of carboxylic acids is 1. The number of imide groups is 1. The van der Waals surface area contributed by atoms with Gasteiger partial charge in [0.05, 0.1) is 22.8 Å². The number of carbonyl (C=O) groups is 3. The molecule has 2 aromatic rings. The fourth-order valence-corrected chi connectivity index (χ4v) is 2.76. The van der Waals surface area contributed by atoms with E-state index in [0.717, 1.165) is 8.47 Å². The van der Waals surface area contributed by atoms with E-state index in [1.807, 2.05) is 22.6 Å². The zero-order chi connectivity index (χ0) is 15.1. The molecule has 1 heterocycles. The zero-order valence-corrected chi connectivity index (χ0v) is 12.7. The van der Waals surface area contributed by atoms with Gasteiger partial charge in [0.2, 0.25) is 0 Å². The zero-order valence-electron chi connectivity index (χ0n) is 10.5. The Kier molecular flexibility index (Phi) is 3.25. The van der Waals surface area contributed by atoms with Crippen molar-refractivity contribution in [1.82, 2.24) is 0 Å². The standard InChI is InChI=1S/C15H8INO4/c16-8-5-6-9-11(7-8)14(19)17(13(9)18)12-4-2-1-3-10(12)15(20)21/h1-7H,(H,20,21)/p-1. The Morgan fingerprint density at radius 3 is 2.38 bits per heavy atom. The van der Waals surface area contributed by atoms with Gasteiger partial charge in [-0.15, -0.1) is 0 Å².